The molecular weight excluding hydrogens is 368 g/mol. The molecule has 2 heterocycles. The zero-order valence-corrected chi connectivity index (χ0v) is 16.2. The lowest BCUT2D eigenvalue weighted by Crippen LogP contribution is -2.43. The first kappa shape index (κ1) is 19.5. The summed E-state index contributed by atoms with van der Waals surface area (Å²) in [6, 6.07) is 10.8. The first-order chi connectivity index (χ1) is 13.1. The van der Waals surface area contributed by atoms with Crippen molar-refractivity contribution in [2.45, 2.75) is 26.0 Å². The number of nitrogens with zero attached hydrogens (tertiary/aromatic N) is 2. The molecule has 2 aromatic rings. The molecule has 6 nitrogen and oxygen atoms in total. The standard InChI is InChI=1S/C20H23ClN2O4/c1-14(27-17-5-3-4-16(21)12-17)20(24)23-9-8-18-15(13-23)6-7-19(22-18)26-11-10-25-2/h3-7,12,14H,8-11,13H2,1-2H3. The Morgan fingerprint density at radius 3 is 2.93 bits per heavy atom. The maximum absolute atomic E-state index is 12.7. The summed E-state index contributed by atoms with van der Waals surface area (Å²) in [4.78, 5) is 19.1. The Bertz CT molecular complexity index is 799. The number of aromatic nitrogens is 1. The van der Waals surface area contributed by atoms with E-state index in [1.165, 1.54) is 0 Å². The molecule has 0 bridgehead atoms. The molecule has 0 saturated heterocycles. The predicted octanol–water partition coefficient (Wildman–Crippen LogP) is 3.11. The number of halogens is 1. The minimum absolute atomic E-state index is 0.0546. The fourth-order valence-electron chi connectivity index (χ4n) is 2.95. The van der Waals surface area contributed by atoms with Crippen LogP contribution in [-0.4, -0.2) is 48.8 Å². The molecule has 27 heavy (non-hydrogen) atoms. The van der Waals surface area contributed by atoms with Crippen LogP contribution in [0.2, 0.25) is 5.02 Å². The Morgan fingerprint density at radius 2 is 2.15 bits per heavy atom. The number of fused-ring (bicyclic) bond motifs is 1. The number of carbonyl (C=O) groups is 1. The van der Waals surface area contributed by atoms with Crippen LogP contribution in [0.25, 0.3) is 0 Å². The number of benzene rings is 1. The number of amides is 1. The second-order valence-corrected chi connectivity index (χ2v) is 6.76. The number of hydrogen-bond acceptors (Lipinski definition) is 5. The Balaban J connectivity index is 1.60. The van der Waals surface area contributed by atoms with Crippen molar-refractivity contribution in [3.8, 4) is 11.6 Å². The molecule has 1 aromatic heterocycles. The van der Waals surface area contributed by atoms with Crippen LogP contribution in [0.5, 0.6) is 11.6 Å². The van der Waals surface area contributed by atoms with Gasteiger partial charge < -0.3 is 19.1 Å². The van der Waals surface area contributed by atoms with Crippen LogP contribution in [0.3, 0.4) is 0 Å². The molecule has 1 unspecified atom stereocenters. The van der Waals surface area contributed by atoms with Gasteiger partial charge >= 0.3 is 0 Å². The summed E-state index contributed by atoms with van der Waals surface area (Å²) in [5, 5.41) is 0.577. The maximum Gasteiger partial charge on any atom is 0.263 e. The zero-order valence-electron chi connectivity index (χ0n) is 15.5. The van der Waals surface area contributed by atoms with Crippen LogP contribution in [0.1, 0.15) is 18.2 Å². The number of hydrogen-bond donors (Lipinski definition) is 0. The summed E-state index contributed by atoms with van der Waals surface area (Å²) in [7, 11) is 1.63. The van der Waals surface area contributed by atoms with Gasteiger partial charge in [0.05, 0.1) is 12.3 Å². The fourth-order valence-corrected chi connectivity index (χ4v) is 3.13. The van der Waals surface area contributed by atoms with Crippen molar-refractivity contribution in [2.24, 2.45) is 0 Å². The summed E-state index contributed by atoms with van der Waals surface area (Å²) in [6.07, 6.45) is 0.0986. The van der Waals surface area contributed by atoms with Crippen molar-refractivity contribution < 1.29 is 19.0 Å². The lowest BCUT2D eigenvalue weighted by molar-refractivity contribution is -0.138. The van der Waals surface area contributed by atoms with Crippen molar-refractivity contribution in [3.05, 3.63) is 52.7 Å². The maximum atomic E-state index is 12.7. The molecule has 0 radical (unpaired) electrons. The van der Waals surface area contributed by atoms with E-state index in [2.05, 4.69) is 4.98 Å². The smallest absolute Gasteiger partial charge is 0.263 e. The van der Waals surface area contributed by atoms with Gasteiger partial charge in [-0.3, -0.25) is 4.79 Å². The van der Waals surface area contributed by atoms with E-state index >= 15 is 0 Å². The summed E-state index contributed by atoms with van der Waals surface area (Å²) in [5.41, 5.74) is 2.00. The molecule has 7 heteroatoms. The van der Waals surface area contributed by atoms with Gasteiger partial charge in [0.25, 0.3) is 5.91 Å². The highest BCUT2D eigenvalue weighted by Crippen LogP contribution is 2.23. The molecule has 0 fully saturated rings. The normalized spacial score (nSPS) is 14.4. The summed E-state index contributed by atoms with van der Waals surface area (Å²) in [5.74, 6) is 1.12. The van der Waals surface area contributed by atoms with Crippen LogP contribution < -0.4 is 9.47 Å². The Morgan fingerprint density at radius 1 is 1.30 bits per heavy atom. The molecule has 0 saturated carbocycles. The highest BCUT2D eigenvalue weighted by Gasteiger charge is 2.26. The SMILES string of the molecule is COCCOc1ccc2c(n1)CCN(C(=O)C(C)Oc1cccc(Cl)c1)C2. The summed E-state index contributed by atoms with van der Waals surface area (Å²) < 4.78 is 16.3. The number of ether oxygens (including phenoxy) is 3. The lowest BCUT2D eigenvalue weighted by Gasteiger charge is -2.30. The van der Waals surface area contributed by atoms with E-state index in [-0.39, 0.29) is 5.91 Å². The van der Waals surface area contributed by atoms with Crippen molar-refractivity contribution in [1.82, 2.24) is 9.88 Å². The summed E-state index contributed by atoms with van der Waals surface area (Å²) >= 11 is 5.97. The second-order valence-electron chi connectivity index (χ2n) is 6.32. The van der Waals surface area contributed by atoms with Gasteiger partial charge in [-0.15, -0.1) is 0 Å². The minimum atomic E-state index is -0.588. The molecule has 0 aliphatic carbocycles. The molecule has 1 amide bonds. The first-order valence-electron chi connectivity index (χ1n) is 8.88. The average Bonchev–Trinajstić information content (AvgIpc) is 2.67. The van der Waals surface area contributed by atoms with Crippen molar-refractivity contribution in [3.63, 3.8) is 0 Å². The van der Waals surface area contributed by atoms with Gasteiger partial charge in [0.1, 0.15) is 12.4 Å². The van der Waals surface area contributed by atoms with E-state index in [4.69, 9.17) is 25.8 Å². The highest BCUT2D eigenvalue weighted by molar-refractivity contribution is 6.30. The van der Waals surface area contributed by atoms with E-state index < -0.39 is 6.10 Å². The monoisotopic (exact) mass is 390 g/mol. The minimum Gasteiger partial charge on any atom is -0.481 e. The van der Waals surface area contributed by atoms with Gasteiger partial charge in [-0.2, -0.15) is 0 Å². The molecule has 1 aromatic carbocycles. The predicted molar refractivity (Wildman–Crippen MR) is 102 cm³/mol. The molecule has 1 aliphatic rings. The van der Waals surface area contributed by atoms with Crippen LogP contribution in [0, 0.1) is 0 Å². The first-order valence-corrected chi connectivity index (χ1v) is 9.26. The Kier molecular flexibility index (Phi) is 6.53. The number of carbonyl (C=O) groups excluding carboxylic acids is 1. The largest absolute Gasteiger partial charge is 0.481 e. The van der Waals surface area contributed by atoms with E-state index in [9.17, 15) is 4.79 Å². The number of pyridine rings is 1. The third-order valence-electron chi connectivity index (χ3n) is 4.33. The van der Waals surface area contributed by atoms with E-state index in [1.807, 2.05) is 12.1 Å². The van der Waals surface area contributed by atoms with Crippen molar-refractivity contribution >= 4 is 17.5 Å². The van der Waals surface area contributed by atoms with Gasteiger partial charge in [0.15, 0.2) is 6.10 Å². The lowest BCUT2D eigenvalue weighted by atomic mass is 10.1. The van der Waals surface area contributed by atoms with Crippen molar-refractivity contribution in [1.29, 1.82) is 0 Å². The van der Waals surface area contributed by atoms with E-state index in [0.29, 0.717) is 49.4 Å². The molecule has 3 rings (SSSR count). The van der Waals surface area contributed by atoms with Crippen LogP contribution in [0.15, 0.2) is 36.4 Å². The Labute approximate surface area is 164 Å². The molecule has 0 spiro atoms. The topological polar surface area (TPSA) is 60.9 Å². The quantitative estimate of drug-likeness (QED) is 0.680. The van der Waals surface area contributed by atoms with Gasteiger partial charge in [0, 0.05) is 37.7 Å². The van der Waals surface area contributed by atoms with Gasteiger partial charge in [-0.05, 0) is 30.7 Å². The second kappa shape index (κ2) is 9.06. The van der Waals surface area contributed by atoms with E-state index in [1.54, 1.807) is 43.2 Å². The van der Waals surface area contributed by atoms with Crippen LogP contribution in [0.4, 0.5) is 0 Å². The van der Waals surface area contributed by atoms with Crippen LogP contribution >= 0.6 is 11.6 Å². The molecule has 144 valence electrons. The van der Waals surface area contributed by atoms with E-state index in [0.717, 1.165) is 11.3 Å². The van der Waals surface area contributed by atoms with Crippen molar-refractivity contribution in [2.75, 3.05) is 26.9 Å². The fraction of sp³-hybridized carbons (Fsp3) is 0.400. The number of methoxy groups -OCH3 is 1. The molecule has 1 atom stereocenters. The molecule has 1 aliphatic heterocycles. The number of rotatable bonds is 7. The van der Waals surface area contributed by atoms with Gasteiger partial charge in [-0.1, -0.05) is 23.7 Å². The highest BCUT2D eigenvalue weighted by atomic mass is 35.5. The molecule has 0 N–H and O–H groups in total. The Hall–Kier alpha value is -2.31. The molecular formula is C20H23ClN2O4. The van der Waals surface area contributed by atoms with Gasteiger partial charge in [-0.25, -0.2) is 4.98 Å². The van der Waals surface area contributed by atoms with Crippen LogP contribution in [-0.2, 0) is 22.5 Å². The average molecular weight is 391 g/mol. The zero-order chi connectivity index (χ0) is 19.2. The third-order valence-corrected chi connectivity index (χ3v) is 4.56. The van der Waals surface area contributed by atoms with Gasteiger partial charge in [0.2, 0.25) is 5.88 Å². The third kappa shape index (κ3) is 5.11. The summed E-state index contributed by atoms with van der Waals surface area (Å²) in [6.45, 7) is 3.85.